The third kappa shape index (κ3) is 4.52. The van der Waals surface area contributed by atoms with Crippen LogP contribution < -0.4 is 21.5 Å². The molecule has 1 aliphatic heterocycles. The predicted octanol–water partition coefficient (Wildman–Crippen LogP) is 4.02. The van der Waals surface area contributed by atoms with E-state index < -0.39 is 29.1 Å². The van der Waals surface area contributed by atoms with Crippen LogP contribution in [0.1, 0.15) is 17.9 Å². The summed E-state index contributed by atoms with van der Waals surface area (Å²) in [6.45, 7) is 0. The maximum absolute atomic E-state index is 13.1. The zero-order valence-electron chi connectivity index (χ0n) is 15.6. The lowest BCUT2D eigenvalue weighted by molar-refractivity contribution is -0.123. The molecule has 0 bridgehead atoms. The van der Waals surface area contributed by atoms with Crippen molar-refractivity contribution in [2.45, 2.75) is 12.3 Å². The smallest absolute Gasteiger partial charge is 0.258 e. The molecule has 0 radical (unpaired) electrons. The molecule has 1 atom stereocenters. The number of anilines is 4. The quantitative estimate of drug-likeness (QED) is 0.468. The second-order valence-electron chi connectivity index (χ2n) is 6.73. The minimum Gasteiger partial charge on any atom is -0.326 e. The molecule has 4 N–H and O–H groups in total. The molecule has 2 aromatic carbocycles. The van der Waals surface area contributed by atoms with E-state index in [4.69, 9.17) is 23.2 Å². The average molecular weight is 462 g/mol. The lowest BCUT2D eigenvalue weighted by atomic mass is 9.92. The van der Waals surface area contributed by atoms with Crippen molar-refractivity contribution in [3.63, 3.8) is 0 Å². The number of hydrogen-bond acceptors (Lipinski definition) is 5. The third-order valence-corrected chi connectivity index (χ3v) is 5.13. The van der Waals surface area contributed by atoms with E-state index in [9.17, 15) is 18.8 Å². The lowest BCUT2D eigenvalue weighted by Crippen LogP contribution is -2.36. The molecule has 3 aromatic rings. The Morgan fingerprint density at radius 1 is 1.13 bits per heavy atom. The van der Waals surface area contributed by atoms with Gasteiger partial charge in [-0.2, -0.15) is 4.98 Å². The maximum atomic E-state index is 13.1. The van der Waals surface area contributed by atoms with E-state index in [1.165, 1.54) is 36.4 Å². The van der Waals surface area contributed by atoms with Crippen LogP contribution in [0.2, 0.25) is 10.0 Å². The van der Waals surface area contributed by atoms with E-state index in [-0.39, 0.29) is 34.5 Å². The first kappa shape index (κ1) is 20.8. The standard InChI is InChI=1S/C20H14Cl2FN5O3/c21-9-1-6-13(22)14(7-9)25-18(30)12-8-15(29)26-17-16(12)19(31)28-20(27-17)24-11-4-2-10(23)3-5-11/h1-7,12H,8H2,(H,25,30)(H3,24,26,27,28,29,31)/t12-/m0/s1. The van der Waals surface area contributed by atoms with Crippen LogP contribution in [0.3, 0.4) is 0 Å². The molecule has 8 nitrogen and oxygen atoms in total. The van der Waals surface area contributed by atoms with Gasteiger partial charge in [-0.15, -0.1) is 0 Å². The van der Waals surface area contributed by atoms with Crippen LogP contribution in [0, 0.1) is 5.82 Å². The lowest BCUT2D eigenvalue weighted by Gasteiger charge is -2.24. The molecule has 11 heteroatoms. The zero-order valence-corrected chi connectivity index (χ0v) is 17.1. The van der Waals surface area contributed by atoms with Crippen molar-refractivity contribution in [1.29, 1.82) is 0 Å². The monoisotopic (exact) mass is 461 g/mol. The highest BCUT2D eigenvalue weighted by molar-refractivity contribution is 6.35. The number of carbonyl (C=O) groups excluding carboxylic acids is 2. The third-order valence-electron chi connectivity index (χ3n) is 4.56. The fourth-order valence-electron chi connectivity index (χ4n) is 3.14. The number of aromatic nitrogens is 2. The number of amides is 2. The molecule has 0 spiro atoms. The van der Waals surface area contributed by atoms with Crippen LogP contribution in [0.4, 0.5) is 27.5 Å². The zero-order chi connectivity index (χ0) is 22.1. The number of H-pyrrole nitrogens is 1. The van der Waals surface area contributed by atoms with Gasteiger partial charge in [-0.1, -0.05) is 23.2 Å². The van der Waals surface area contributed by atoms with Crippen LogP contribution in [-0.4, -0.2) is 21.8 Å². The number of halogens is 3. The molecule has 158 valence electrons. The molecular weight excluding hydrogens is 448 g/mol. The van der Waals surface area contributed by atoms with Gasteiger partial charge in [0.2, 0.25) is 17.8 Å². The molecule has 1 aromatic heterocycles. The Hall–Kier alpha value is -3.43. The Morgan fingerprint density at radius 2 is 1.87 bits per heavy atom. The number of fused-ring (bicyclic) bond motifs is 1. The fourth-order valence-corrected chi connectivity index (χ4v) is 3.47. The highest BCUT2D eigenvalue weighted by Gasteiger charge is 2.35. The molecule has 2 amide bonds. The fraction of sp³-hybridized carbons (Fsp3) is 0.100. The molecule has 1 aliphatic rings. The summed E-state index contributed by atoms with van der Waals surface area (Å²) < 4.78 is 13.1. The minimum absolute atomic E-state index is 0.0138. The maximum Gasteiger partial charge on any atom is 0.258 e. The Labute approximate surface area is 184 Å². The van der Waals surface area contributed by atoms with E-state index >= 15 is 0 Å². The number of carbonyl (C=O) groups is 2. The van der Waals surface area contributed by atoms with E-state index in [0.29, 0.717) is 10.7 Å². The number of benzene rings is 2. The normalized spacial score (nSPS) is 15.1. The second-order valence-corrected chi connectivity index (χ2v) is 7.57. The van der Waals surface area contributed by atoms with Gasteiger partial charge in [0.15, 0.2) is 0 Å². The number of nitrogens with one attached hydrogen (secondary N) is 4. The second kappa shape index (κ2) is 8.37. The van der Waals surface area contributed by atoms with Gasteiger partial charge in [0.1, 0.15) is 11.6 Å². The minimum atomic E-state index is -1.09. The van der Waals surface area contributed by atoms with Crippen LogP contribution in [0.25, 0.3) is 0 Å². The first-order chi connectivity index (χ1) is 14.8. The molecule has 4 rings (SSSR count). The number of aromatic amines is 1. The SMILES string of the molecule is O=C1C[C@H](C(=O)Nc2cc(Cl)ccc2Cl)c2c(nc(Nc3ccc(F)cc3)[nH]c2=O)N1. The number of hydrogen-bond donors (Lipinski definition) is 4. The predicted molar refractivity (Wildman–Crippen MR) is 116 cm³/mol. The van der Waals surface area contributed by atoms with Crippen molar-refractivity contribution in [3.05, 3.63) is 74.2 Å². The summed E-state index contributed by atoms with van der Waals surface area (Å²) in [4.78, 5) is 44.5. The van der Waals surface area contributed by atoms with Gasteiger partial charge in [-0.3, -0.25) is 19.4 Å². The van der Waals surface area contributed by atoms with Crippen molar-refractivity contribution in [3.8, 4) is 0 Å². The summed E-state index contributed by atoms with van der Waals surface area (Å²) in [5.41, 5.74) is 0.133. The van der Waals surface area contributed by atoms with E-state index in [1.54, 1.807) is 6.07 Å². The molecule has 31 heavy (non-hydrogen) atoms. The molecule has 0 saturated carbocycles. The average Bonchev–Trinajstić information content (AvgIpc) is 2.71. The van der Waals surface area contributed by atoms with Crippen molar-refractivity contribution < 1.29 is 14.0 Å². The summed E-state index contributed by atoms with van der Waals surface area (Å²) >= 11 is 12.0. The van der Waals surface area contributed by atoms with Crippen molar-refractivity contribution in [2.24, 2.45) is 0 Å². The van der Waals surface area contributed by atoms with Gasteiger partial charge in [-0.25, -0.2) is 4.39 Å². The Morgan fingerprint density at radius 3 is 2.61 bits per heavy atom. The topological polar surface area (TPSA) is 116 Å². The molecule has 2 heterocycles. The van der Waals surface area contributed by atoms with Crippen LogP contribution in [0.5, 0.6) is 0 Å². The van der Waals surface area contributed by atoms with Gasteiger partial charge >= 0.3 is 0 Å². The molecule has 0 unspecified atom stereocenters. The van der Waals surface area contributed by atoms with E-state index in [0.717, 1.165) is 0 Å². The molecule has 0 fully saturated rings. The summed E-state index contributed by atoms with van der Waals surface area (Å²) in [5, 5.41) is 8.54. The Kier molecular flexibility index (Phi) is 5.62. The van der Waals surface area contributed by atoms with Gasteiger partial charge < -0.3 is 16.0 Å². The molecular formula is C20H14Cl2FN5O3. The Bertz CT molecular complexity index is 1250. The van der Waals surface area contributed by atoms with Crippen molar-refractivity contribution in [2.75, 3.05) is 16.0 Å². The number of rotatable bonds is 4. The largest absolute Gasteiger partial charge is 0.326 e. The highest BCUT2D eigenvalue weighted by atomic mass is 35.5. The summed E-state index contributed by atoms with van der Waals surface area (Å²) in [5.74, 6) is -2.60. The van der Waals surface area contributed by atoms with Gasteiger partial charge in [0.25, 0.3) is 5.56 Å². The van der Waals surface area contributed by atoms with Crippen LogP contribution in [-0.2, 0) is 9.59 Å². The number of nitrogens with zero attached hydrogens (tertiary/aromatic N) is 1. The first-order valence-corrected chi connectivity index (χ1v) is 9.78. The van der Waals surface area contributed by atoms with Gasteiger partial charge in [0.05, 0.1) is 22.2 Å². The van der Waals surface area contributed by atoms with Crippen LogP contribution >= 0.6 is 23.2 Å². The highest BCUT2D eigenvalue weighted by Crippen LogP contribution is 2.32. The van der Waals surface area contributed by atoms with Crippen molar-refractivity contribution in [1.82, 2.24) is 9.97 Å². The Balaban J connectivity index is 1.65. The van der Waals surface area contributed by atoms with Gasteiger partial charge in [0, 0.05) is 17.1 Å². The summed E-state index contributed by atoms with van der Waals surface area (Å²) in [7, 11) is 0. The van der Waals surface area contributed by atoms with E-state index in [2.05, 4.69) is 25.9 Å². The first-order valence-electron chi connectivity index (χ1n) is 9.03. The van der Waals surface area contributed by atoms with E-state index in [1.807, 2.05) is 0 Å². The van der Waals surface area contributed by atoms with Crippen LogP contribution in [0.15, 0.2) is 47.3 Å². The van der Waals surface area contributed by atoms with Crippen molar-refractivity contribution >= 4 is 58.2 Å². The molecule has 0 aliphatic carbocycles. The summed E-state index contributed by atoms with van der Waals surface area (Å²) in [6, 6.07) is 9.93. The van der Waals surface area contributed by atoms with Gasteiger partial charge in [-0.05, 0) is 42.5 Å². The molecule has 0 saturated heterocycles. The summed E-state index contributed by atoms with van der Waals surface area (Å²) in [6.07, 6.45) is -0.244.